The molecule has 2 N–H and O–H groups in total. The van der Waals surface area contributed by atoms with Gasteiger partial charge < -0.3 is 10.5 Å². The van der Waals surface area contributed by atoms with E-state index in [0.29, 0.717) is 24.8 Å². The standard InChI is InChI=1S/C17H25NO2/c1-12(2)14-6-4-13(5-7-14)10-17(11-18,15-8-9-15)16(19)20-3/h4-7,12,15H,8-11,18H2,1-3H3. The summed E-state index contributed by atoms with van der Waals surface area (Å²) < 4.78 is 5.02. The van der Waals surface area contributed by atoms with Crippen LogP contribution < -0.4 is 5.73 Å². The fraction of sp³-hybridized carbons (Fsp3) is 0.588. The van der Waals surface area contributed by atoms with Crippen LogP contribution in [-0.4, -0.2) is 19.6 Å². The van der Waals surface area contributed by atoms with Crippen molar-refractivity contribution in [3.05, 3.63) is 35.4 Å². The molecule has 0 aliphatic heterocycles. The van der Waals surface area contributed by atoms with Crippen LogP contribution in [0, 0.1) is 11.3 Å². The molecule has 0 saturated heterocycles. The fourth-order valence-electron chi connectivity index (χ4n) is 2.93. The van der Waals surface area contributed by atoms with Crippen LogP contribution in [0.1, 0.15) is 43.7 Å². The van der Waals surface area contributed by atoms with Crippen LogP contribution in [-0.2, 0) is 16.0 Å². The number of nitrogens with two attached hydrogens (primary N) is 1. The molecule has 1 saturated carbocycles. The molecule has 0 aromatic heterocycles. The summed E-state index contributed by atoms with van der Waals surface area (Å²) in [5.41, 5.74) is 7.90. The lowest BCUT2D eigenvalue weighted by Gasteiger charge is -2.30. The van der Waals surface area contributed by atoms with Crippen molar-refractivity contribution in [1.82, 2.24) is 0 Å². The lowest BCUT2D eigenvalue weighted by atomic mass is 9.77. The van der Waals surface area contributed by atoms with E-state index in [-0.39, 0.29) is 5.97 Å². The number of carbonyl (C=O) groups is 1. The molecule has 110 valence electrons. The molecule has 1 aromatic carbocycles. The van der Waals surface area contributed by atoms with Gasteiger partial charge in [0.25, 0.3) is 0 Å². The second-order valence-corrected chi connectivity index (χ2v) is 6.20. The fourth-order valence-corrected chi connectivity index (χ4v) is 2.93. The maximum Gasteiger partial charge on any atom is 0.313 e. The quantitative estimate of drug-likeness (QED) is 0.812. The maximum atomic E-state index is 12.2. The van der Waals surface area contributed by atoms with Gasteiger partial charge in [-0.3, -0.25) is 4.79 Å². The van der Waals surface area contributed by atoms with Gasteiger partial charge in [0.15, 0.2) is 0 Å². The van der Waals surface area contributed by atoms with Crippen molar-refractivity contribution in [1.29, 1.82) is 0 Å². The van der Waals surface area contributed by atoms with E-state index >= 15 is 0 Å². The predicted octanol–water partition coefficient (Wildman–Crippen LogP) is 2.88. The Kier molecular flexibility index (Phi) is 4.48. The summed E-state index contributed by atoms with van der Waals surface area (Å²) in [7, 11) is 1.46. The third-order valence-electron chi connectivity index (χ3n) is 4.48. The monoisotopic (exact) mass is 275 g/mol. The van der Waals surface area contributed by atoms with Crippen molar-refractivity contribution in [3.63, 3.8) is 0 Å². The van der Waals surface area contributed by atoms with Gasteiger partial charge in [0.1, 0.15) is 0 Å². The summed E-state index contributed by atoms with van der Waals surface area (Å²) >= 11 is 0. The van der Waals surface area contributed by atoms with Crippen LogP contribution >= 0.6 is 0 Å². The maximum absolute atomic E-state index is 12.2. The first-order valence-electron chi connectivity index (χ1n) is 7.41. The third-order valence-corrected chi connectivity index (χ3v) is 4.48. The molecule has 1 aliphatic carbocycles. The van der Waals surface area contributed by atoms with Gasteiger partial charge in [-0.15, -0.1) is 0 Å². The Morgan fingerprint density at radius 1 is 1.35 bits per heavy atom. The Bertz CT molecular complexity index is 462. The van der Waals surface area contributed by atoms with E-state index in [1.54, 1.807) is 0 Å². The Hall–Kier alpha value is -1.35. The summed E-state index contributed by atoms with van der Waals surface area (Å²) in [4.78, 5) is 12.2. The highest BCUT2D eigenvalue weighted by atomic mass is 16.5. The number of ether oxygens (including phenoxy) is 1. The molecule has 2 rings (SSSR count). The number of esters is 1. The van der Waals surface area contributed by atoms with Crippen LogP contribution in [0.5, 0.6) is 0 Å². The highest BCUT2D eigenvalue weighted by Crippen LogP contribution is 2.47. The van der Waals surface area contributed by atoms with Crippen molar-refractivity contribution in [3.8, 4) is 0 Å². The Labute approximate surface area is 121 Å². The van der Waals surface area contributed by atoms with Gasteiger partial charge in [-0.1, -0.05) is 38.1 Å². The molecule has 0 bridgehead atoms. The van der Waals surface area contributed by atoms with Crippen molar-refractivity contribution in [2.75, 3.05) is 13.7 Å². The third kappa shape index (κ3) is 2.88. The predicted molar refractivity (Wildman–Crippen MR) is 80.5 cm³/mol. The SMILES string of the molecule is COC(=O)C(CN)(Cc1ccc(C(C)C)cc1)C1CC1. The number of hydrogen-bond acceptors (Lipinski definition) is 3. The molecular weight excluding hydrogens is 250 g/mol. The van der Waals surface area contributed by atoms with Crippen LogP contribution in [0.15, 0.2) is 24.3 Å². The molecule has 3 heteroatoms. The van der Waals surface area contributed by atoms with E-state index in [9.17, 15) is 4.79 Å². The second kappa shape index (κ2) is 5.96. The Balaban J connectivity index is 2.21. The van der Waals surface area contributed by atoms with Crippen molar-refractivity contribution < 1.29 is 9.53 Å². The van der Waals surface area contributed by atoms with Gasteiger partial charge >= 0.3 is 5.97 Å². The highest BCUT2D eigenvalue weighted by molar-refractivity contribution is 5.78. The molecule has 1 aliphatic rings. The average Bonchev–Trinajstić information content (AvgIpc) is 3.29. The van der Waals surface area contributed by atoms with E-state index in [0.717, 1.165) is 18.4 Å². The summed E-state index contributed by atoms with van der Waals surface area (Å²) in [6, 6.07) is 8.52. The molecule has 20 heavy (non-hydrogen) atoms. The Morgan fingerprint density at radius 2 is 1.95 bits per heavy atom. The van der Waals surface area contributed by atoms with E-state index in [1.165, 1.54) is 12.7 Å². The first-order valence-corrected chi connectivity index (χ1v) is 7.41. The summed E-state index contributed by atoms with van der Waals surface area (Å²) in [5, 5.41) is 0. The zero-order valence-corrected chi connectivity index (χ0v) is 12.7. The average molecular weight is 275 g/mol. The lowest BCUT2D eigenvalue weighted by Crippen LogP contribution is -2.43. The minimum absolute atomic E-state index is 0.157. The Morgan fingerprint density at radius 3 is 2.35 bits per heavy atom. The van der Waals surface area contributed by atoms with Crippen LogP contribution in [0.3, 0.4) is 0 Å². The molecule has 0 radical (unpaired) electrons. The summed E-state index contributed by atoms with van der Waals surface area (Å²) in [6.45, 7) is 4.71. The van der Waals surface area contributed by atoms with Crippen LogP contribution in [0.4, 0.5) is 0 Å². The molecular formula is C17H25NO2. The van der Waals surface area contributed by atoms with E-state index in [4.69, 9.17) is 10.5 Å². The van der Waals surface area contributed by atoms with Gasteiger partial charge in [0, 0.05) is 6.54 Å². The normalized spacial score (nSPS) is 17.9. The molecule has 1 aromatic rings. The largest absolute Gasteiger partial charge is 0.469 e. The molecule has 1 unspecified atom stereocenters. The first kappa shape index (κ1) is 15.0. The zero-order chi connectivity index (χ0) is 14.8. The second-order valence-electron chi connectivity index (χ2n) is 6.20. The number of rotatable bonds is 6. The van der Waals surface area contributed by atoms with Crippen LogP contribution in [0.25, 0.3) is 0 Å². The van der Waals surface area contributed by atoms with Crippen molar-refractivity contribution in [2.24, 2.45) is 17.1 Å². The van der Waals surface area contributed by atoms with Crippen molar-refractivity contribution >= 4 is 5.97 Å². The molecule has 0 heterocycles. The molecule has 1 fully saturated rings. The van der Waals surface area contributed by atoms with Gasteiger partial charge in [-0.05, 0) is 42.2 Å². The topological polar surface area (TPSA) is 52.3 Å². The van der Waals surface area contributed by atoms with Gasteiger partial charge in [-0.25, -0.2) is 0 Å². The van der Waals surface area contributed by atoms with E-state index in [1.807, 2.05) is 0 Å². The number of carbonyl (C=O) groups excluding carboxylic acids is 1. The van der Waals surface area contributed by atoms with Gasteiger partial charge in [0.2, 0.25) is 0 Å². The first-order chi connectivity index (χ1) is 9.53. The molecule has 0 spiro atoms. The van der Waals surface area contributed by atoms with E-state index < -0.39 is 5.41 Å². The molecule has 0 amide bonds. The summed E-state index contributed by atoms with van der Waals surface area (Å²) in [5.74, 6) is 0.743. The smallest absolute Gasteiger partial charge is 0.313 e. The minimum Gasteiger partial charge on any atom is -0.469 e. The van der Waals surface area contributed by atoms with E-state index in [2.05, 4.69) is 38.1 Å². The van der Waals surface area contributed by atoms with Gasteiger partial charge in [0.05, 0.1) is 12.5 Å². The number of methoxy groups -OCH3 is 1. The lowest BCUT2D eigenvalue weighted by molar-refractivity contribution is -0.153. The van der Waals surface area contributed by atoms with Gasteiger partial charge in [-0.2, -0.15) is 0 Å². The molecule has 1 atom stereocenters. The zero-order valence-electron chi connectivity index (χ0n) is 12.7. The number of benzene rings is 1. The summed E-state index contributed by atoms with van der Waals surface area (Å²) in [6.07, 6.45) is 2.84. The minimum atomic E-state index is -0.534. The molecule has 3 nitrogen and oxygen atoms in total. The van der Waals surface area contributed by atoms with Crippen LogP contribution in [0.2, 0.25) is 0 Å². The van der Waals surface area contributed by atoms with Crippen molar-refractivity contribution in [2.45, 2.75) is 39.0 Å². The highest BCUT2D eigenvalue weighted by Gasteiger charge is 2.50. The number of hydrogen-bond donors (Lipinski definition) is 1.